The van der Waals surface area contributed by atoms with Crippen molar-refractivity contribution < 1.29 is 9.53 Å². The molecule has 1 heterocycles. The molecule has 1 aliphatic rings. The monoisotopic (exact) mass is 328 g/mol. The van der Waals surface area contributed by atoms with E-state index in [4.69, 9.17) is 4.74 Å². The maximum atomic E-state index is 12.6. The molecule has 1 fully saturated rings. The van der Waals surface area contributed by atoms with Gasteiger partial charge in [0.2, 0.25) is 0 Å². The molecule has 0 N–H and O–H groups in total. The molecule has 20 heavy (non-hydrogen) atoms. The number of cyclic esters (lactones) is 1. The first-order valence-electron chi connectivity index (χ1n) is 6.33. The smallest absolute Gasteiger partial charge is 0.327 e. The first-order valence-corrected chi connectivity index (χ1v) is 7.25. The number of ether oxygens (including phenoxy) is 1. The van der Waals surface area contributed by atoms with E-state index in [-0.39, 0.29) is 10.8 Å². The van der Waals surface area contributed by atoms with Crippen molar-refractivity contribution in [1.82, 2.24) is 0 Å². The molecule has 1 saturated heterocycles. The molecule has 1 atom stereocenters. The van der Waals surface area contributed by atoms with Gasteiger partial charge >= 0.3 is 5.97 Å². The molecule has 100 valence electrons. The Morgan fingerprint density at radius 3 is 1.75 bits per heavy atom. The number of carbonyl (C=O) groups excluding carboxylic acids is 1. The molecule has 0 saturated carbocycles. The summed E-state index contributed by atoms with van der Waals surface area (Å²) in [6.07, 6.45) is 0. The van der Waals surface area contributed by atoms with Crippen LogP contribution in [0.5, 0.6) is 0 Å². The van der Waals surface area contributed by atoms with Gasteiger partial charge in [0, 0.05) is 0 Å². The van der Waals surface area contributed by atoms with Crippen molar-refractivity contribution in [3.63, 3.8) is 0 Å². The Labute approximate surface area is 126 Å². The molecular weight excluding hydrogens is 316 g/mol. The van der Waals surface area contributed by atoms with Crippen LogP contribution in [0, 0.1) is 0 Å². The molecule has 0 aliphatic carbocycles. The second-order valence-corrected chi connectivity index (χ2v) is 5.67. The fraction of sp³-hybridized carbons (Fsp3) is 0.118. The predicted molar refractivity (Wildman–Crippen MR) is 81.6 cm³/mol. The van der Waals surface area contributed by atoms with Gasteiger partial charge in [-0.2, -0.15) is 0 Å². The Morgan fingerprint density at radius 1 is 0.950 bits per heavy atom. The Bertz CT molecular complexity index is 610. The normalized spacial score (nSPS) is 20.8. The van der Waals surface area contributed by atoms with Gasteiger partial charge in [0.1, 0.15) is 11.2 Å². The number of benzene rings is 2. The van der Waals surface area contributed by atoms with E-state index in [9.17, 15) is 4.79 Å². The SMILES string of the molecule is C=C1OC(=O)C(c2ccccc2)(c2ccccc2)[C@@H]1Br. The van der Waals surface area contributed by atoms with E-state index in [1.807, 2.05) is 60.7 Å². The topological polar surface area (TPSA) is 26.3 Å². The molecule has 2 aromatic carbocycles. The average Bonchev–Trinajstić information content (AvgIpc) is 2.72. The minimum absolute atomic E-state index is 0.285. The van der Waals surface area contributed by atoms with Crippen molar-refractivity contribution in [2.45, 2.75) is 10.2 Å². The molecule has 3 rings (SSSR count). The molecule has 0 spiro atoms. The molecule has 0 bridgehead atoms. The van der Waals surface area contributed by atoms with Crippen LogP contribution in [-0.2, 0) is 14.9 Å². The third-order valence-electron chi connectivity index (χ3n) is 3.67. The first-order chi connectivity index (χ1) is 9.67. The van der Waals surface area contributed by atoms with Crippen LogP contribution in [0.15, 0.2) is 73.0 Å². The van der Waals surface area contributed by atoms with Gasteiger partial charge in [-0.1, -0.05) is 83.2 Å². The van der Waals surface area contributed by atoms with Crippen LogP contribution >= 0.6 is 15.9 Å². The second kappa shape index (κ2) is 4.91. The molecule has 3 heteroatoms. The summed E-state index contributed by atoms with van der Waals surface area (Å²) in [5.74, 6) is 0.157. The van der Waals surface area contributed by atoms with Gasteiger partial charge < -0.3 is 4.74 Å². The maximum absolute atomic E-state index is 12.6. The van der Waals surface area contributed by atoms with Gasteiger partial charge in [-0.3, -0.25) is 4.79 Å². The number of halogens is 1. The summed E-state index contributed by atoms with van der Waals surface area (Å²) in [6.45, 7) is 3.84. The third kappa shape index (κ3) is 1.74. The molecular formula is C17H13BrO2. The zero-order valence-electron chi connectivity index (χ0n) is 10.8. The largest absolute Gasteiger partial charge is 0.429 e. The lowest BCUT2D eigenvalue weighted by atomic mass is 9.73. The number of allylic oxidation sites excluding steroid dienone is 1. The highest BCUT2D eigenvalue weighted by atomic mass is 79.9. The highest BCUT2D eigenvalue weighted by Crippen LogP contribution is 2.48. The van der Waals surface area contributed by atoms with Crippen molar-refractivity contribution >= 4 is 21.9 Å². The molecule has 1 aliphatic heterocycles. The summed E-state index contributed by atoms with van der Waals surface area (Å²) in [5, 5.41) is 0. The fourth-order valence-electron chi connectivity index (χ4n) is 2.69. The second-order valence-electron chi connectivity index (χ2n) is 4.76. The fourth-order valence-corrected chi connectivity index (χ4v) is 3.50. The maximum Gasteiger partial charge on any atom is 0.327 e. The first kappa shape index (κ1) is 13.1. The van der Waals surface area contributed by atoms with Crippen molar-refractivity contribution in [2.75, 3.05) is 0 Å². The summed E-state index contributed by atoms with van der Waals surface area (Å²) < 4.78 is 5.32. The van der Waals surface area contributed by atoms with Gasteiger partial charge in [-0.25, -0.2) is 0 Å². The van der Waals surface area contributed by atoms with E-state index in [1.54, 1.807) is 0 Å². The Balaban J connectivity index is 2.30. The zero-order chi connectivity index (χ0) is 14.2. The Kier molecular flexibility index (Phi) is 3.22. The Morgan fingerprint density at radius 2 is 1.40 bits per heavy atom. The van der Waals surface area contributed by atoms with Gasteiger partial charge in [-0.05, 0) is 11.1 Å². The lowest BCUT2D eigenvalue weighted by Crippen LogP contribution is -2.39. The highest BCUT2D eigenvalue weighted by molar-refractivity contribution is 9.09. The lowest BCUT2D eigenvalue weighted by molar-refractivity contribution is -0.139. The van der Waals surface area contributed by atoms with Gasteiger partial charge in [0.05, 0.1) is 4.83 Å². The lowest BCUT2D eigenvalue weighted by Gasteiger charge is -2.29. The minimum atomic E-state index is -0.875. The van der Waals surface area contributed by atoms with Crippen LogP contribution in [0.1, 0.15) is 11.1 Å². The van der Waals surface area contributed by atoms with Gasteiger partial charge in [-0.15, -0.1) is 0 Å². The number of esters is 1. The predicted octanol–water partition coefficient (Wildman–Crippen LogP) is 3.81. The van der Waals surface area contributed by atoms with E-state index in [1.165, 1.54) is 0 Å². The van der Waals surface area contributed by atoms with Crippen molar-refractivity contribution in [3.05, 3.63) is 84.1 Å². The molecule has 0 unspecified atom stereocenters. The number of carbonyl (C=O) groups is 1. The van der Waals surface area contributed by atoms with Crippen molar-refractivity contribution in [2.24, 2.45) is 0 Å². The van der Waals surface area contributed by atoms with Crippen LogP contribution < -0.4 is 0 Å². The van der Waals surface area contributed by atoms with Gasteiger partial charge in [0.25, 0.3) is 0 Å². The van der Waals surface area contributed by atoms with Crippen LogP contribution in [0.25, 0.3) is 0 Å². The van der Waals surface area contributed by atoms with Crippen LogP contribution in [0.2, 0.25) is 0 Å². The highest BCUT2D eigenvalue weighted by Gasteiger charge is 2.56. The summed E-state index contributed by atoms with van der Waals surface area (Å²) in [7, 11) is 0. The van der Waals surface area contributed by atoms with E-state index in [2.05, 4.69) is 22.5 Å². The quantitative estimate of drug-likeness (QED) is 0.619. The van der Waals surface area contributed by atoms with Gasteiger partial charge in [0.15, 0.2) is 0 Å². The van der Waals surface area contributed by atoms with E-state index in [0.717, 1.165) is 11.1 Å². The number of hydrogen-bond donors (Lipinski definition) is 0. The molecule has 0 amide bonds. The standard InChI is InChI=1S/C17H13BrO2/c1-12-15(18)17(16(19)20-12,13-8-4-2-5-9-13)14-10-6-3-7-11-14/h2-11,15H,1H2/t15-/m1/s1. The van der Waals surface area contributed by atoms with E-state index >= 15 is 0 Å². The molecule has 0 aromatic heterocycles. The van der Waals surface area contributed by atoms with E-state index in [0.29, 0.717) is 5.76 Å². The summed E-state index contributed by atoms with van der Waals surface area (Å²) in [6, 6.07) is 19.3. The van der Waals surface area contributed by atoms with Crippen LogP contribution in [0.3, 0.4) is 0 Å². The van der Waals surface area contributed by atoms with Crippen LogP contribution in [0.4, 0.5) is 0 Å². The number of alkyl halides is 1. The molecule has 2 nitrogen and oxygen atoms in total. The number of rotatable bonds is 2. The molecule has 0 radical (unpaired) electrons. The summed E-state index contributed by atoms with van der Waals surface area (Å²) in [4.78, 5) is 12.3. The summed E-state index contributed by atoms with van der Waals surface area (Å²) >= 11 is 3.60. The minimum Gasteiger partial charge on any atom is -0.429 e. The molecule has 2 aromatic rings. The third-order valence-corrected chi connectivity index (χ3v) is 4.86. The van der Waals surface area contributed by atoms with Crippen LogP contribution in [-0.4, -0.2) is 10.8 Å². The van der Waals surface area contributed by atoms with Crippen molar-refractivity contribution in [3.8, 4) is 0 Å². The number of hydrogen-bond acceptors (Lipinski definition) is 2. The zero-order valence-corrected chi connectivity index (χ0v) is 12.3. The average molecular weight is 329 g/mol. The Hall–Kier alpha value is -1.87. The van der Waals surface area contributed by atoms with E-state index < -0.39 is 5.41 Å². The van der Waals surface area contributed by atoms with Crippen molar-refractivity contribution in [1.29, 1.82) is 0 Å². The summed E-state index contributed by atoms with van der Waals surface area (Å²) in [5.41, 5.74) is 0.924.